The second-order valence-corrected chi connectivity index (χ2v) is 9.19. The largest absolute Gasteiger partial charge is 0.349 e. The van der Waals surface area contributed by atoms with E-state index in [0.29, 0.717) is 5.92 Å². The summed E-state index contributed by atoms with van der Waals surface area (Å²) in [6.45, 7) is 12.6. The van der Waals surface area contributed by atoms with Crippen LogP contribution < -0.4 is 0 Å². The van der Waals surface area contributed by atoms with Crippen molar-refractivity contribution >= 4 is 6.29 Å². The van der Waals surface area contributed by atoms with Crippen molar-refractivity contribution in [2.45, 2.75) is 136 Å². The first-order valence-electron chi connectivity index (χ1n) is 11.5. The van der Waals surface area contributed by atoms with Gasteiger partial charge in [0.25, 0.3) is 0 Å². The summed E-state index contributed by atoms with van der Waals surface area (Å²) in [5.41, 5.74) is -0.988. The van der Waals surface area contributed by atoms with E-state index in [2.05, 4.69) is 27.7 Å². The number of hydrogen-bond donors (Lipinski definition) is 0. The number of carbonyl (C=O) groups is 1. The van der Waals surface area contributed by atoms with Crippen LogP contribution in [0.1, 0.15) is 125 Å². The Morgan fingerprint density at radius 1 is 0.704 bits per heavy atom. The maximum atomic E-state index is 11.0. The molecule has 0 aromatic carbocycles. The molecule has 27 heavy (non-hydrogen) atoms. The Labute approximate surface area is 170 Å². The highest BCUT2D eigenvalue weighted by Gasteiger charge is 2.30. The van der Waals surface area contributed by atoms with Gasteiger partial charge in [0.15, 0.2) is 6.29 Å². The molecule has 1 atom stereocenters. The van der Waals surface area contributed by atoms with Gasteiger partial charge in [-0.05, 0) is 46.5 Å². The molecule has 0 fully saturated rings. The highest BCUT2D eigenvalue weighted by Crippen LogP contribution is 2.32. The lowest BCUT2D eigenvalue weighted by Gasteiger charge is -2.35. The first kappa shape index (κ1) is 26.6. The molecule has 0 aliphatic carbocycles. The molecule has 0 radical (unpaired) electrons. The van der Waals surface area contributed by atoms with Crippen LogP contribution in [0.5, 0.6) is 0 Å². The Hall–Kier alpha value is -0.410. The van der Waals surface area contributed by atoms with Gasteiger partial charge in [0.1, 0.15) is 12.4 Å². The van der Waals surface area contributed by atoms with Gasteiger partial charge in [-0.1, -0.05) is 84.5 Å². The van der Waals surface area contributed by atoms with Crippen molar-refractivity contribution in [2.75, 3.05) is 6.79 Å². The number of aldehydes is 1. The zero-order valence-corrected chi connectivity index (χ0v) is 19.3. The van der Waals surface area contributed by atoms with E-state index in [1.54, 1.807) is 13.8 Å². The molecule has 0 aromatic heterocycles. The molecule has 0 heterocycles. The van der Waals surface area contributed by atoms with Gasteiger partial charge in [-0.25, -0.2) is 0 Å². The van der Waals surface area contributed by atoms with Gasteiger partial charge in [0.2, 0.25) is 0 Å². The van der Waals surface area contributed by atoms with Crippen LogP contribution in [0.4, 0.5) is 0 Å². The molecule has 0 bridgehead atoms. The molecule has 0 aliphatic rings. The third-order valence-electron chi connectivity index (χ3n) is 5.69. The molecule has 0 saturated heterocycles. The van der Waals surface area contributed by atoms with Crippen molar-refractivity contribution < 1.29 is 14.3 Å². The molecule has 0 aliphatic heterocycles. The summed E-state index contributed by atoms with van der Waals surface area (Å²) in [5.74, 6) is 0.549. The van der Waals surface area contributed by atoms with Crippen molar-refractivity contribution in [3.05, 3.63) is 0 Å². The standard InChI is InChI=1S/C24H48O3/c1-7-9-11-13-15-17-19-22(18-16-14-12-10-8-2)24(5,6)27-21-26-23(3,4)20-25/h20,22H,7-19,21H2,1-6H3. The predicted molar refractivity (Wildman–Crippen MR) is 116 cm³/mol. The fourth-order valence-corrected chi connectivity index (χ4v) is 3.49. The molecular weight excluding hydrogens is 336 g/mol. The first-order chi connectivity index (χ1) is 12.8. The molecular formula is C24H48O3. The van der Waals surface area contributed by atoms with E-state index in [0.717, 1.165) is 6.29 Å². The first-order valence-corrected chi connectivity index (χ1v) is 11.5. The van der Waals surface area contributed by atoms with Crippen LogP contribution in [0.2, 0.25) is 0 Å². The van der Waals surface area contributed by atoms with Crippen LogP contribution in [0, 0.1) is 5.92 Å². The van der Waals surface area contributed by atoms with E-state index in [1.807, 2.05) is 0 Å². The van der Waals surface area contributed by atoms with Crippen molar-refractivity contribution in [1.82, 2.24) is 0 Å². The number of rotatable bonds is 19. The average molecular weight is 385 g/mol. The van der Waals surface area contributed by atoms with E-state index in [4.69, 9.17) is 9.47 Å². The van der Waals surface area contributed by atoms with Crippen LogP contribution in [0.25, 0.3) is 0 Å². The van der Waals surface area contributed by atoms with Crippen LogP contribution in [0.3, 0.4) is 0 Å². The van der Waals surface area contributed by atoms with Gasteiger partial charge in [0, 0.05) is 0 Å². The second-order valence-electron chi connectivity index (χ2n) is 9.19. The summed E-state index contributed by atoms with van der Waals surface area (Å²) >= 11 is 0. The summed E-state index contributed by atoms with van der Waals surface area (Å²) in [5, 5.41) is 0. The van der Waals surface area contributed by atoms with E-state index in [-0.39, 0.29) is 12.4 Å². The third kappa shape index (κ3) is 14.3. The topological polar surface area (TPSA) is 35.5 Å². The summed E-state index contributed by atoms with van der Waals surface area (Å²) in [6, 6.07) is 0. The van der Waals surface area contributed by atoms with E-state index >= 15 is 0 Å². The van der Waals surface area contributed by atoms with E-state index in [1.165, 1.54) is 83.5 Å². The highest BCUT2D eigenvalue weighted by molar-refractivity contribution is 5.60. The Bertz CT molecular complexity index is 350. The van der Waals surface area contributed by atoms with Gasteiger partial charge >= 0.3 is 0 Å². The number of unbranched alkanes of at least 4 members (excludes halogenated alkanes) is 9. The van der Waals surface area contributed by atoms with Gasteiger partial charge in [0.05, 0.1) is 5.60 Å². The Balaban J connectivity index is 4.45. The minimum absolute atomic E-state index is 0.182. The Morgan fingerprint density at radius 3 is 1.59 bits per heavy atom. The average Bonchev–Trinajstić information content (AvgIpc) is 2.62. The molecule has 162 valence electrons. The Kier molecular flexibility index (Phi) is 15.3. The lowest BCUT2D eigenvalue weighted by atomic mass is 9.82. The minimum Gasteiger partial charge on any atom is -0.349 e. The van der Waals surface area contributed by atoms with Crippen LogP contribution in [-0.2, 0) is 14.3 Å². The maximum absolute atomic E-state index is 11.0. The van der Waals surface area contributed by atoms with E-state index < -0.39 is 5.60 Å². The van der Waals surface area contributed by atoms with Gasteiger partial charge in [-0.15, -0.1) is 0 Å². The summed E-state index contributed by atoms with van der Waals surface area (Å²) in [7, 11) is 0. The summed E-state index contributed by atoms with van der Waals surface area (Å²) in [6.07, 6.45) is 17.9. The molecule has 0 N–H and O–H groups in total. The zero-order valence-electron chi connectivity index (χ0n) is 19.3. The molecule has 0 rings (SSSR count). The number of carbonyl (C=O) groups excluding carboxylic acids is 1. The predicted octanol–water partition coefficient (Wildman–Crippen LogP) is 7.46. The molecule has 3 heteroatoms. The molecule has 0 spiro atoms. The van der Waals surface area contributed by atoms with Crippen molar-refractivity contribution in [3.8, 4) is 0 Å². The highest BCUT2D eigenvalue weighted by atomic mass is 16.7. The number of hydrogen-bond acceptors (Lipinski definition) is 3. The molecule has 0 saturated carbocycles. The van der Waals surface area contributed by atoms with Gasteiger partial charge in [-0.2, -0.15) is 0 Å². The van der Waals surface area contributed by atoms with Gasteiger partial charge < -0.3 is 14.3 Å². The fraction of sp³-hybridized carbons (Fsp3) is 0.958. The number of ether oxygens (including phenoxy) is 2. The van der Waals surface area contributed by atoms with Crippen LogP contribution in [0.15, 0.2) is 0 Å². The molecule has 0 amide bonds. The second kappa shape index (κ2) is 15.5. The van der Waals surface area contributed by atoms with Gasteiger partial charge in [-0.3, -0.25) is 0 Å². The van der Waals surface area contributed by atoms with Crippen molar-refractivity contribution in [1.29, 1.82) is 0 Å². The summed E-state index contributed by atoms with van der Waals surface area (Å²) < 4.78 is 11.7. The Morgan fingerprint density at radius 2 is 1.15 bits per heavy atom. The SMILES string of the molecule is CCCCCCCCC(CCCCCCC)C(C)(C)OCOC(C)(C)C=O. The maximum Gasteiger partial charge on any atom is 0.151 e. The monoisotopic (exact) mass is 384 g/mol. The normalized spacial score (nSPS) is 13.7. The van der Waals surface area contributed by atoms with Crippen LogP contribution >= 0.6 is 0 Å². The summed E-state index contributed by atoms with van der Waals surface area (Å²) in [4.78, 5) is 11.0. The fourth-order valence-electron chi connectivity index (χ4n) is 3.49. The lowest BCUT2D eigenvalue weighted by Crippen LogP contribution is -2.37. The van der Waals surface area contributed by atoms with Crippen LogP contribution in [-0.4, -0.2) is 24.3 Å². The third-order valence-corrected chi connectivity index (χ3v) is 5.69. The lowest BCUT2D eigenvalue weighted by molar-refractivity contribution is -0.188. The molecule has 0 aromatic rings. The smallest absolute Gasteiger partial charge is 0.151 e. The quantitative estimate of drug-likeness (QED) is 0.132. The van der Waals surface area contributed by atoms with Crippen molar-refractivity contribution in [2.24, 2.45) is 5.92 Å². The minimum atomic E-state index is -0.773. The van der Waals surface area contributed by atoms with Crippen molar-refractivity contribution in [3.63, 3.8) is 0 Å². The molecule has 1 unspecified atom stereocenters. The molecule has 3 nitrogen and oxygen atoms in total. The zero-order chi connectivity index (χ0) is 20.6. The van der Waals surface area contributed by atoms with E-state index in [9.17, 15) is 4.79 Å².